The van der Waals surface area contributed by atoms with Gasteiger partial charge >= 0.3 is 0 Å². The predicted octanol–water partition coefficient (Wildman–Crippen LogP) is 2.56. The average Bonchev–Trinajstić information content (AvgIpc) is 2.42. The van der Waals surface area contributed by atoms with Gasteiger partial charge in [-0.05, 0) is 37.5 Å². The van der Waals surface area contributed by atoms with Crippen molar-refractivity contribution in [1.82, 2.24) is 5.32 Å². The smallest absolute Gasteiger partial charge is 0.251 e. The van der Waals surface area contributed by atoms with E-state index in [2.05, 4.69) is 17.9 Å². The first-order valence-electron chi connectivity index (χ1n) is 6.83. The number of carbonyl (C=O) groups excluding carboxylic acids is 1. The zero-order chi connectivity index (χ0) is 13.8. The van der Waals surface area contributed by atoms with Crippen LogP contribution in [0.2, 0.25) is 0 Å². The molecule has 0 heterocycles. The number of hydrogen-bond acceptors (Lipinski definition) is 3. The molecule has 0 saturated heterocycles. The van der Waals surface area contributed by atoms with E-state index in [-0.39, 0.29) is 24.5 Å². The Hall–Kier alpha value is -1.00. The maximum atomic E-state index is 12.3. The van der Waals surface area contributed by atoms with Gasteiger partial charge in [-0.2, -0.15) is 0 Å². The molecule has 0 aromatic heterocycles. The number of hydrogen-bond donors (Lipinski definition) is 3. The molecule has 3 nitrogen and oxygen atoms in total. The van der Waals surface area contributed by atoms with Gasteiger partial charge in [0.15, 0.2) is 0 Å². The van der Waals surface area contributed by atoms with E-state index in [0.29, 0.717) is 5.56 Å². The van der Waals surface area contributed by atoms with E-state index < -0.39 is 0 Å². The first-order valence-corrected chi connectivity index (χ1v) is 7.28. The number of nitrogens with one attached hydrogen (secondary N) is 1. The molecule has 1 amide bonds. The van der Waals surface area contributed by atoms with Gasteiger partial charge in [0.05, 0.1) is 0 Å². The van der Waals surface area contributed by atoms with Crippen molar-refractivity contribution in [2.24, 2.45) is 5.92 Å². The Morgan fingerprint density at radius 2 is 2.16 bits per heavy atom. The largest absolute Gasteiger partial charge is 0.396 e. The maximum Gasteiger partial charge on any atom is 0.251 e. The van der Waals surface area contributed by atoms with Crippen molar-refractivity contribution in [3.63, 3.8) is 0 Å². The molecule has 4 heteroatoms. The number of benzene rings is 1. The van der Waals surface area contributed by atoms with Crippen molar-refractivity contribution in [3.05, 3.63) is 29.3 Å². The van der Waals surface area contributed by atoms with E-state index in [9.17, 15) is 9.90 Å². The van der Waals surface area contributed by atoms with Crippen LogP contribution in [0.3, 0.4) is 0 Å². The number of rotatable bonds is 3. The molecule has 0 radical (unpaired) electrons. The summed E-state index contributed by atoms with van der Waals surface area (Å²) < 4.78 is 0. The molecular weight excluding hydrogens is 258 g/mol. The van der Waals surface area contributed by atoms with Crippen LogP contribution in [0.25, 0.3) is 0 Å². The number of aliphatic hydroxyl groups excluding tert-OH is 1. The Morgan fingerprint density at radius 3 is 2.89 bits per heavy atom. The number of thiol groups is 1. The third-order valence-electron chi connectivity index (χ3n) is 3.93. The van der Waals surface area contributed by atoms with E-state index in [1.807, 2.05) is 19.1 Å². The standard InChI is InChI=1S/C15H21NO2S/c1-10-6-7-12(19)8-13(10)15(18)16-14-5-3-2-4-11(14)9-17/h6-8,11,14,17,19H,2-5,9H2,1H3,(H,16,18). The Bertz CT molecular complexity index is 461. The van der Waals surface area contributed by atoms with Crippen molar-refractivity contribution in [1.29, 1.82) is 0 Å². The molecule has 0 spiro atoms. The van der Waals surface area contributed by atoms with E-state index in [1.54, 1.807) is 6.07 Å². The molecule has 1 aromatic carbocycles. The number of amides is 1. The summed E-state index contributed by atoms with van der Waals surface area (Å²) in [6.07, 6.45) is 4.21. The van der Waals surface area contributed by atoms with Crippen LogP contribution in [0, 0.1) is 12.8 Å². The number of aryl methyl sites for hydroxylation is 1. The van der Waals surface area contributed by atoms with Gasteiger partial charge < -0.3 is 10.4 Å². The molecule has 0 bridgehead atoms. The van der Waals surface area contributed by atoms with Crippen molar-refractivity contribution in [2.45, 2.75) is 43.5 Å². The average molecular weight is 279 g/mol. The molecule has 2 unspecified atom stereocenters. The van der Waals surface area contributed by atoms with E-state index in [1.165, 1.54) is 0 Å². The Balaban J connectivity index is 2.09. The maximum absolute atomic E-state index is 12.3. The van der Waals surface area contributed by atoms with Gasteiger partial charge in [-0.15, -0.1) is 12.6 Å². The third-order valence-corrected chi connectivity index (χ3v) is 4.20. The topological polar surface area (TPSA) is 49.3 Å². The second kappa shape index (κ2) is 6.44. The van der Waals surface area contributed by atoms with Crippen molar-refractivity contribution < 1.29 is 9.90 Å². The lowest BCUT2D eigenvalue weighted by molar-refractivity contribution is 0.0872. The van der Waals surface area contributed by atoms with Crippen LogP contribution >= 0.6 is 12.6 Å². The highest BCUT2D eigenvalue weighted by molar-refractivity contribution is 7.80. The highest BCUT2D eigenvalue weighted by Gasteiger charge is 2.26. The van der Waals surface area contributed by atoms with Gasteiger partial charge in [-0.25, -0.2) is 0 Å². The Kier molecular flexibility index (Phi) is 4.88. The summed E-state index contributed by atoms with van der Waals surface area (Å²) in [4.78, 5) is 13.1. The summed E-state index contributed by atoms with van der Waals surface area (Å²) in [6.45, 7) is 2.07. The van der Waals surface area contributed by atoms with Gasteiger partial charge in [-0.3, -0.25) is 4.79 Å². The van der Waals surface area contributed by atoms with Crippen molar-refractivity contribution in [3.8, 4) is 0 Å². The molecule has 1 saturated carbocycles. The molecule has 2 N–H and O–H groups in total. The second-order valence-corrected chi connectivity index (χ2v) is 5.82. The Labute approximate surface area is 119 Å². The molecule has 2 atom stereocenters. The summed E-state index contributed by atoms with van der Waals surface area (Å²) in [7, 11) is 0. The van der Waals surface area contributed by atoms with Crippen LogP contribution in [-0.2, 0) is 0 Å². The zero-order valence-corrected chi connectivity index (χ0v) is 12.1. The van der Waals surface area contributed by atoms with Gasteiger partial charge in [0.25, 0.3) is 5.91 Å². The molecular formula is C15H21NO2S. The molecule has 104 valence electrons. The minimum atomic E-state index is -0.0567. The quantitative estimate of drug-likeness (QED) is 0.745. The lowest BCUT2D eigenvalue weighted by Gasteiger charge is -2.31. The fourth-order valence-corrected chi connectivity index (χ4v) is 2.92. The van der Waals surface area contributed by atoms with Crippen molar-refractivity contribution in [2.75, 3.05) is 6.61 Å². The summed E-state index contributed by atoms with van der Waals surface area (Å²) >= 11 is 4.28. The van der Waals surface area contributed by atoms with Crippen LogP contribution in [0.1, 0.15) is 41.6 Å². The van der Waals surface area contributed by atoms with Gasteiger partial charge in [0.2, 0.25) is 0 Å². The second-order valence-electron chi connectivity index (χ2n) is 5.31. The lowest BCUT2D eigenvalue weighted by atomic mass is 9.85. The highest BCUT2D eigenvalue weighted by atomic mass is 32.1. The first kappa shape index (κ1) is 14.4. The van der Waals surface area contributed by atoms with E-state index in [4.69, 9.17) is 0 Å². The minimum Gasteiger partial charge on any atom is -0.396 e. The molecule has 0 aliphatic heterocycles. The van der Waals surface area contributed by atoms with Crippen molar-refractivity contribution >= 4 is 18.5 Å². The summed E-state index contributed by atoms with van der Waals surface area (Å²) in [5, 5.41) is 12.5. The van der Waals surface area contributed by atoms with Crippen LogP contribution in [0.15, 0.2) is 23.1 Å². The minimum absolute atomic E-state index is 0.0567. The predicted molar refractivity (Wildman–Crippen MR) is 78.7 cm³/mol. The third kappa shape index (κ3) is 3.51. The normalized spacial score (nSPS) is 23.1. The van der Waals surface area contributed by atoms with Crippen LogP contribution in [-0.4, -0.2) is 23.7 Å². The number of carbonyl (C=O) groups is 1. The zero-order valence-electron chi connectivity index (χ0n) is 11.2. The van der Waals surface area contributed by atoms with E-state index >= 15 is 0 Å². The SMILES string of the molecule is Cc1ccc(S)cc1C(=O)NC1CCCCC1CO. The molecule has 1 aliphatic carbocycles. The molecule has 2 rings (SSSR count). The van der Waals surface area contributed by atoms with Crippen LogP contribution < -0.4 is 5.32 Å². The summed E-state index contributed by atoms with van der Waals surface area (Å²) in [5.41, 5.74) is 1.63. The van der Waals surface area contributed by atoms with Gasteiger partial charge in [0, 0.05) is 29.0 Å². The van der Waals surface area contributed by atoms with Crippen LogP contribution in [0.4, 0.5) is 0 Å². The summed E-state index contributed by atoms with van der Waals surface area (Å²) in [6, 6.07) is 5.67. The first-order chi connectivity index (χ1) is 9.11. The fraction of sp³-hybridized carbons (Fsp3) is 0.533. The molecule has 19 heavy (non-hydrogen) atoms. The van der Waals surface area contributed by atoms with Gasteiger partial charge in [-0.1, -0.05) is 18.9 Å². The molecule has 1 aliphatic rings. The summed E-state index contributed by atoms with van der Waals surface area (Å²) in [5.74, 6) is 0.135. The van der Waals surface area contributed by atoms with Gasteiger partial charge in [0.1, 0.15) is 0 Å². The lowest BCUT2D eigenvalue weighted by Crippen LogP contribution is -2.43. The monoisotopic (exact) mass is 279 g/mol. The Morgan fingerprint density at radius 1 is 1.42 bits per heavy atom. The molecule has 1 aromatic rings. The van der Waals surface area contributed by atoms with Crippen LogP contribution in [0.5, 0.6) is 0 Å². The number of aliphatic hydroxyl groups is 1. The molecule has 1 fully saturated rings. The highest BCUT2D eigenvalue weighted by Crippen LogP contribution is 2.24. The fourth-order valence-electron chi connectivity index (χ4n) is 2.72. The van der Waals surface area contributed by atoms with E-state index in [0.717, 1.165) is 36.1 Å².